The van der Waals surface area contributed by atoms with Crippen LogP contribution in [-0.2, 0) is 0 Å². The molecular formula is C26H27N5O2. The van der Waals surface area contributed by atoms with Crippen LogP contribution in [0.25, 0.3) is 16.9 Å². The fourth-order valence-electron chi connectivity index (χ4n) is 4.32. The van der Waals surface area contributed by atoms with E-state index in [0.29, 0.717) is 17.2 Å². The molecule has 0 unspecified atom stereocenters. The Morgan fingerprint density at radius 2 is 1.70 bits per heavy atom. The standard InChI is InChI=1S/C26H27N5O2/c1-17-5-11-20(12-6-17)27-25(33)19-7-13-21(14-8-19)28-26-29-24-4-2-3-23(31(24)30-26)18-9-15-22(32)16-10-18/h2-4,7-10,13-17,20,32H,5-6,11-12H2,1H3,(H,27,33)(H,28,30). The third-order valence-corrected chi connectivity index (χ3v) is 6.28. The molecule has 2 aromatic heterocycles. The molecule has 0 spiro atoms. The van der Waals surface area contributed by atoms with Crippen molar-refractivity contribution in [1.29, 1.82) is 0 Å². The van der Waals surface area contributed by atoms with Crippen molar-refractivity contribution >= 4 is 23.2 Å². The Hall–Kier alpha value is -3.87. The van der Waals surface area contributed by atoms with Crippen LogP contribution in [-0.4, -0.2) is 31.7 Å². The summed E-state index contributed by atoms with van der Waals surface area (Å²) in [5.41, 5.74) is 3.97. The van der Waals surface area contributed by atoms with E-state index in [4.69, 9.17) is 0 Å². The molecule has 1 aliphatic rings. The number of aromatic hydroxyl groups is 1. The second-order valence-electron chi connectivity index (χ2n) is 8.80. The highest BCUT2D eigenvalue weighted by molar-refractivity contribution is 5.94. The largest absolute Gasteiger partial charge is 0.508 e. The summed E-state index contributed by atoms with van der Waals surface area (Å²) in [4.78, 5) is 17.2. The first-order chi connectivity index (χ1) is 16.0. The van der Waals surface area contributed by atoms with E-state index in [0.717, 1.165) is 35.7 Å². The number of carbonyl (C=O) groups is 1. The van der Waals surface area contributed by atoms with Gasteiger partial charge >= 0.3 is 0 Å². The van der Waals surface area contributed by atoms with Gasteiger partial charge in [-0.05, 0) is 92.3 Å². The number of nitrogens with zero attached hydrogens (tertiary/aromatic N) is 3. The zero-order valence-corrected chi connectivity index (χ0v) is 18.5. The summed E-state index contributed by atoms with van der Waals surface area (Å²) in [7, 11) is 0. The van der Waals surface area contributed by atoms with E-state index in [-0.39, 0.29) is 17.7 Å². The summed E-state index contributed by atoms with van der Waals surface area (Å²) in [6.07, 6.45) is 4.46. The maximum atomic E-state index is 12.6. The highest BCUT2D eigenvalue weighted by Gasteiger charge is 2.20. The monoisotopic (exact) mass is 441 g/mol. The van der Waals surface area contributed by atoms with Crippen LogP contribution in [0.15, 0.2) is 66.7 Å². The van der Waals surface area contributed by atoms with Gasteiger partial charge in [-0.1, -0.05) is 13.0 Å². The number of nitrogens with one attached hydrogen (secondary N) is 2. The van der Waals surface area contributed by atoms with Gasteiger partial charge in [-0.15, -0.1) is 5.10 Å². The van der Waals surface area contributed by atoms with Gasteiger partial charge in [0, 0.05) is 22.9 Å². The normalized spacial score (nSPS) is 18.2. The molecule has 0 saturated heterocycles. The number of fused-ring (bicyclic) bond motifs is 1. The Morgan fingerprint density at radius 1 is 0.970 bits per heavy atom. The Kier molecular flexibility index (Phi) is 5.69. The van der Waals surface area contributed by atoms with Crippen molar-refractivity contribution in [2.24, 2.45) is 5.92 Å². The van der Waals surface area contributed by atoms with E-state index in [1.165, 1.54) is 12.8 Å². The van der Waals surface area contributed by atoms with Gasteiger partial charge in [-0.25, -0.2) is 4.52 Å². The quantitative estimate of drug-likeness (QED) is 0.398. The molecule has 168 valence electrons. The van der Waals surface area contributed by atoms with Crippen LogP contribution in [0.3, 0.4) is 0 Å². The molecule has 0 atom stereocenters. The molecule has 0 radical (unpaired) electrons. The number of amides is 1. The molecule has 2 aromatic carbocycles. The molecule has 0 aliphatic heterocycles. The first-order valence-corrected chi connectivity index (χ1v) is 11.4. The molecule has 3 N–H and O–H groups in total. The van der Waals surface area contributed by atoms with E-state index < -0.39 is 0 Å². The van der Waals surface area contributed by atoms with Crippen LogP contribution in [0.2, 0.25) is 0 Å². The predicted octanol–water partition coefficient (Wildman–Crippen LogP) is 5.15. The number of phenolic OH excluding ortho intramolecular Hbond substituents is 1. The minimum atomic E-state index is -0.0227. The smallest absolute Gasteiger partial charge is 0.251 e. The van der Waals surface area contributed by atoms with Crippen molar-refractivity contribution in [2.75, 3.05) is 5.32 Å². The van der Waals surface area contributed by atoms with Gasteiger partial charge < -0.3 is 15.7 Å². The molecule has 1 amide bonds. The van der Waals surface area contributed by atoms with Crippen LogP contribution in [0.4, 0.5) is 11.6 Å². The number of anilines is 2. The maximum Gasteiger partial charge on any atom is 0.251 e. The number of hydrogen-bond donors (Lipinski definition) is 3. The third kappa shape index (κ3) is 4.67. The number of hydrogen-bond acceptors (Lipinski definition) is 5. The number of phenols is 1. The van der Waals surface area contributed by atoms with E-state index in [9.17, 15) is 9.90 Å². The molecule has 0 bridgehead atoms. The van der Waals surface area contributed by atoms with Crippen LogP contribution in [0, 0.1) is 5.92 Å². The minimum Gasteiger partial charge on any atom is -0.508 e. The summed E-state index contributed by atoms with van der Waals surface area (Å²) in [5.74, 6) is 1.42. The summed E-state index contributed by atoms with van der Waals surface area (Å²) in [6.45, 7) is 2.27. The second-order valence-corrected chi connectivity index (χ2v) is 8.80. The lowest BCUT2D eigenvalue weighted by atomic mass is 9.87. The average Bonchev–Trinajstić information content (AvgIpc) is 3.24. The first kappa shape index (κ1) is 21.0. The van der Waals surface area contributed by atoms with E-state index in [1.54, 1.807) is 16.6 Å². The highest BCUT2D eigenvalue weighted by atomic mass is 16.3. The molecule has 5 rings (SSSR count). The zero-order valence-electron chi connectivity index (χ0n) is 18.5. The van der Waals surface area contributed by atoms with Gasteiger partial charge in [0.15, 0.2) is 5.65 Å². The van der Waals surface area contributed by atoms with Gasteiger partial charge in [-0.2, -0.15) is 4.98 Å². The lowest BCUT2D eigenvalue weighted by Gasteiger charge is -2.26. The van der Waals surface area contributed by atoms with Crippen molar-refractivity contribution in [2.45, 2.75) is 38.6 Å². The molecule has 7 heteroatoms. The van der Waals surface area contributed by atoms with Crippen molar-refractivity contribution in [1.82, 2.24) is 19.9 Å². The molecule has 4 aromatic rings. The summed E-state index contributed by atoms with van der Waals surface area (Å²) in [5, 5.41) is 20.5. The van der Waals surface area contributed by atoms with Crippen molar-refractivity contribution in [3.63, 3.8) is 0 Å². The Labute approximate surface area is 192 Å². The van der Waals surface area contributed by atoms with Crippen LogP contribution < -0.4 is 10.6 Å². The lowest BCUT2D eigenvalue weighted by molar-refractivity contribution is 0.0923. The summed E-state index contributed by atoms with van der Waals surface area (Å²) < 4.78 is 1.77. The molecule has 7 nitrogen and oxygen atoms in total. The average molecular weight is 442 g/mol. The van der Waals surface area contributed by atoms with Crippen molar-refractivity contribution in [3.05, 3.63) is 72.3 Å². The molecular weight excluding hydrogens is 414 g/mol. The number of benzene rings is 2. The molecule has 1 saturated carbocycles. The topological polar surface area (TPSA) is 91.5 Å². The molecule has 2 heterocycles. The van der Waals surface area contributed by atoms with Crippen LogP contribution in [0.5, 0.6) is 5.75 Å². The second kappa shape index (κ2) is 8.94. The number of pyridine rings is 1. The van der Waals surface area contributed by atoms with E-state index in [2.05, 4.69) is 27.6 Å². The number of aromatic nitrogens is 3. The van der Waals surface area contributed by atoms with Crippen LogP contribution >= 0.6 is 0 Å². The fourth-order valence-corrected chi connectivity index (χ4v) is 4.32. The van der Waals surface area contributed by atoms with Gasteiger partial charge in [0.2, 0.25) is 5.95 Å². The predicted molar refractivity (Wildman–Crippen MR) is 129 cm³/mol. The third-order valence-electron chi connectivity index (χ3n) is 6.28. The minimum absolute atomic E-state index is 0.0227. The van der Waals surface area contributed by atoms with E-state index >= 15 is 0 Å². The molecule has 33 heavy (non-hydrogen) atoms. The van der Waals surface area contributed by atoms with Crippen LogP contribution in [0.1, 0.15) is 43.0 Å². The van der Waals surface area contributed by atoms with Gasteiger partial charge in [0.05, 0.1) is 5.69 Å². The number of carbonyl (C=O) groups excluding carboxylic acids is 1. The zero-order chi connectivity index (χ0) is 22.8. The highest BCUT2D eigenvalue weighted by Crippen LogP contribution is 2.25. The van der Waals surface area contributed by atoms with Crippen molar-refractivity contribution < 1.29 is 9.90 Å². The summed E-state index contributed by atoms with van der Waals surface area (Å²) >= 11 is 0. The Bertz CT molecular complexity index is 1260. The van der Waals surface area contributed by atoms with Gasteiger partial charge in [0.1, 0.15) is 5.75 Å². The SMILES string of the molecule is CC1CCC(NC(=O)c2ccc(Nc3nc4cccc(-c5ccc(O)cc5)n4n3)cc2)CC1. The number of rotatable bonds is 5. The molecule has 1 fully saturated rings. The maximum absolute atomic E-state index is 12.6. The fraction of sp³-hybridized carbons (Fsp3) is 0.269. The Morgan fingerprint density at radius 3 is 2.42 bits per heavy atom. The van der Waals surface area contributed by atoms with E-state index in [1.807, 2.05) is 54.6 Å². The summed E-state index contributed by atoms with van der Waals surface area (Å²) in [6, 6.07) is 20.4. The molecule has 1 aliphatic carbocycles. The van der Waals surface area contributed by atoms with Gasteiger partial charge in [-0.3, -0.25) is 4.79 Å². The first-order valence-electron chi connectivity index (χ1n) is 11.4. The van der Waals surface area contributed by atoms with Gasteiger partial charge in [0.25, 0.3) is 5.91 Å². The Balaban J connectivity index is 1.29. The lowest BCUT2D eigenvalue weighted by Crippen LogP contribution is -2.37. The van der Waals surface area contributed by atoms with Crippen molar-refractivity contribution in [3.8, 4) is 17.0 Å².